The van der Waals surface area contributed by atoms with Gasteiger partial charge in [0.15, 0.2) is 0 Å². The van der Waals surface area contributed by atoms with Crippen LogP contribution in [0.1, 0.15) is 18.4 Å². The molecule has 1 heterocycles. The number of aryl methyl sites for hydroxylation is 1. The molecule has 1 aromatic rings. The molecule has 0 bridgehead atoms. The Morgan fingerprint density at radius 3 is 3.00 bits per heavy atom. The molecular formula is C9H13N3. The molecule has 1 aliphatic carbocycles. The van der Waals surface area contributed by atoms with E-state index in [0.29, 0.717) is 0 Å². The molecule has 0 saturated carbocycles. The second kappa shape index (κ2) is 2.75. The van der Waals surface area contributed by atoms with Crippen LogP contribution < -0.4 is 5.73 Å². The Morgan fingerprint density at radius 1 is 1.67 bits per heavy atom. The molecule has 64 valence electrons. The molecule has 0 spiro atoms. The number of allylic oxidation sites excluding steroid dienone is 1. The number of rotatable bonds is 1. The van der Waals surface area contributed by atoms with Gasteiger partial charge in [-0.2, -0.15) is 5.10 Å². The Bertz CT molecular complexity index is 311. The van der Waals surface area contributed by atoms with E-state index < -0.39 is 0 Å². The molecule has 0 aromatic carbocycles. The second-order valence-corrected chi connectivity index (χ2v) is 3.30. The van der Waals surface area contributed by atoms with E-state index in [1.807, 2.05) is 24.1 Å². The smallest absolute Gasteiger partial charge is 0.0564 e. The van der Waals surface area contributed by atoms with Crippen molar-refractivity contribution in [3.63, 3.8) is 0 Å². The van der Waals surface area contributed by atoms with Gasteiger partial charge in [0.1, 0.15) is 0 Å². The van der Waals surface area contributed by atoms with Gasteiger partial charge in [-0.3, -0.25) is 4.68 Å². The fourth-order valence-electron chi connectivity index (χ4n) is 1.57. The molecule has 2 N–H and O–H groups in total. The minimum absolute atomic E-state index is 0.250. The lowest BCUT2D eigenvalue weighted by molar-refractivity contribution is 0.767. The first-order chi connectivity index (χ1) is 5.75. The standard InChI is InChI=1S/C9H13N3/c1-12-6-8(5-11-12)7-2-3-9(10)4-7/h4-6,9H,2-3,10H2,1H3. The van der Waals surface area contributed by atoms with Crippen LogP contribution in [0.2, 0.25) is 0 Å². The zero-order valence-corrected chi connectivity index (χ0v) is 7.20. The monoisotopic (exact) mass is 163 g/mol. The first kappa shape index (κ1) is 7.55. The fraction of sp³-hybridized carbons (Fsp3) is 0.444. The molecule has 3 heteroatoms. The highest BCUT2D eigenvalue weighted by Crippen LogP contribution is 2.26. The van der Waals surface area contributed by atoms with Gasteiger partial charge in [0.2, 0.25) is 0 Å². The Labute approximate surface area is 71.9 Å². The molecule has 0 radical (unpaired) electrons. The third-order valence-electron chi connectivity index (χ3n) is 2.24. The van der Waals surface area contributed by atoms with Crippen LogP contribution in [0.15, 0.2) is 18.5 Å². The van der Waals surface area contributed by atoms with Crippen LogP contribution in [0, 0.1) is 0 Å². The summed E-state index contributed by atoms with van der Waals surface area (Å²) >= 11 is 0. The van der Waals surface area contributed by atoms with Gasteiger partial charge in [-0.25, -0.2) is 0 Å². The Balaban J connectivity index is 2.26. The lowest BCUT2D eigenvalue weighted by atomic mass is 10.1. The summed E-state index contributed by atoms with van der Waals surface area (Å²) in [6, 6.07) is 0.250. The molecule has 2 rings (SSSR count). The number of hydrogen-bond acceptors (Lipinski definition) is 2. The van der Waals surface area contributed by atoms with Gasteiger partial charge in [-0.05, 0) is 18.4 Å². The quantitative estimate of drug-likeness (QED) is 0.669. The molecule has 1 atom stereocenters. The van der Waals surface area contributed by atoms with Crippen LogP contribution >= 0.6 is 0 Å². The van der Waals surface area contributed by atoms with Gasteiger partial charge in [-0.1, -0.05) is 6.08 Å². The molecule has 1 unspecified atom stereocenters. The minimum atomic E-state index is 0.250. The van der Waals surface area contributed by atoms with E-state index in [-0.39, 0.29) is 6.04 Å². The average molecular weight is 163 g/mol. The van der Waals surface area contributed by atoms with Gasteiger partial charge in [0.05, 0.1) is 6.20 Å². The van der Waals surface area contributed by atoms with Crippen molar-refractivity contribution in [3.05, 3.63) is 24.0 Å². The summed E-state index contributed by atoms with van der Waals surface area (Å²) in [5.74, 6) is 0. The molecule has 0 aliphatic heterocycles. The van der Waals surface area contributed by atoms with E-state index in [0.717, 1.165) is 12.8 Å². The third-order valence-corrected chi connectivity index (χ3v) is 2.24. The van der Waals surface area contributed by atoms with E-state index in [9.17, 15) is 0 Å². The highest BCUT2D eigenvalue weighted by molar-refractivity contribution is 5.67. The Morgan fingerprint density at radius 2 is 2.50 bits per heavy atom. The first-order valence-corrected chi connectivity index (χ1v) is 4.21. The highest BCUT2D eigenvalue weighted by Gasteiger charge is 2.13. The van der Waals surface area contributed by atoms with Crippen molar-refractivity contribution in [1.82, 2.24) is 9.78 Å². The van der Waals surface area contributed by atoms with Crippen LogP contribution in [-0.4, -0.2) is 15.8 Å². The van der Waals surface area contributed by atoms with Gasteiger partial charge >= 0.3 is 0 Å². The summed E-state index contributed by atoms with van der Waals surface area (Å²) in [6.07, 6.45) is 8.22. The Kier molecular flexibility index (Phi) is 1.73. The van der Waals surface area contributed by atoms with Gasteiger partial charge in [0, 0.05) is 24.8 Å². The summed E-state index contributed by atoms with van der Waals surface area (Å²) in [7, 11) is 1.93. The lowest BCUT2D eigenvalue weighted by Crippen LogP contribution is -2.11. The van der Waals surface area contributed by atoms with Gasteiger partial charge < -0.3 is 5.73 Å². The molecule has 1 aliphatic rings. The average Bonchev–Trinajstić information content (AvgIpc) is 2.58. The van der Waals surface area contributed by atoms with Gasteiger partial charge in [-0.15, -0.1) is 0 Å². The molecule has 0 saturated heterocycles. The van der Waals surface area contributed by atoms with Crippen molar-refractivity contribution in [2.75, 3.05) is 0 Å². The molecule has 0 fully saturated rings. The normalized spacial score (nSPS) is 22.8. The Hall–Kier alpha value is -1.09. The summed E-state index contributed by atoms with van der Waals surface area (Å²) in [6.45, 7) is 0. The summed E-state index contributed by atoms with van der Waals surface area (Å²) in [5.41, 5.74) is 8.32. The van der Waals surface area contributed by atoms with Crippen LogP contribution in [0.3, 0.4) is 0 Å². The number of nitrogens with two attached hydrogens (primary N) is 1. The van der Waals surface area contributed by atoms with Gasteiger partial charge in [0.25, 0.3) is 0 Å². The van der Waals surface area contributed by atoms with Crippen LogP contribution in [0.5, 0.6) is 0 Å². The first-order valence-electron chi connectivity index (χ1n) is 4.21. The zero-order chi connectivity index (χ0) is 8.55. The van der Waals surface area contributed by atoms with E-state index >= 15 is 0 Å². The molecule has 1 aromatic heterocycles. The maximum absolute atomic E-state index is 5.77. The topological polar surface area (TPSA) is 43.8 Å². The zero-order valence-electron chi connectivity index (χ0n) is 7.20. The summed E-state index contributed by atoms with van der Waals surface area (Å²) in [5, 5.41) is 4.12. The molecule has 3 nitrogen and oxygen atoms in total. The molecular weight excluding hydrogens is 150 g/mol. The predicted octanol–water partition coefficient (Wildman–Crippen LogP) is 0.925. The van der Waals surface area contributed by atoms with Crippen molar-refractivity contribution in [2.24, 2.45) is 12.8 Å². The minimum Gasteiger partial charge on any atom is -0.324 e. The van der Waals surface area contributed by atoms with E-state index in [1.165, 1.54) is 11.1 Å². The SMILES string of the molecule is Cn1cc(C2=CC(N)CC2)cn1. The number of nitrogens with zero attached hydrogens (tertiary/aromatic N) is 2. The third kappa shape index (κ3) is 1.28. The van der Waals surface area contributed by atoms with Crippen molar-refractivity contribution >= 4 is 5.57 Å². The van der Waals surface area contributed by atoms with E-state index in [2.05, 4.69) is 11.2 Å². The van der Waals surface area contributed by atoms with E-state index in [1.54, 1.807) is 0 Å². The van der Waals surface area contributed by atoms with Crippen molar-refractivity contribution in [3.8, 4) is 0 Å². The largest absolute Gasteiger partial charge is 0.324 e. The van der Waals surface area contributed by atoms with Crippen molar-refractivity contribution < 1.29 is 0 Å². The summed E-state index contributed by atoms with van der Waals surface area (Å²) < 4.78 is 1.82. The number of hydrogen-bond donors (Lipinski definition) is 1. The number of aromatic nitrogens is 2. The molecule has 0 amide bonds. The van der Waals surface area contributed by atoms with Crippen molar-refractivity contribution in [2.45, 2.75) is 18.9 Å². The molecule has 12 heavy (non-hydrogen) atoms. The maximum atomic E-state index is 5.77. The predicted molar refractivity (Wildman–Crippen MR) is 48.4 cm³/mol. The van der Waals surface area contributed by atoms with Crippen molar-refractivity contribution in [1.29, 1.82) is 0 Å². The van der Waals surface area contributed by atoms with E-state index in [4.69, 9.17) is 5.73 Å². The van der Waals surface area contributed by atoms with Crippen LogP contribution in [0.4, 0.5) is 0 Å². The second-order valence-electron chi connectivity index (χ2n) is 3.30. The maximum Gasteiger partial charge on any atom is 0.0564 e. The lowest BCUT2D eigenvalue weighted by Gasteiger charge is -1.93. The highest BCUT2D eigenvalue weighted by atomic mass is 15.2. The fourth-order valence-corrected chi connectivity index (χ4v) is 1.57. The van der Waals surface area contributed by atoms with Crippen LogP contribution in [0.25, 0.3) is 5.57 Å². The summed E-state index contributed by atoms with van der Waals surface area (Å²) in [4.78, 5) is 0. The van der Waals surface area contributed by atoms with Crippen LogP contribution in [-0.2, 0) is 7.05 Å².